The smallest absolute Gasteiger partial charge is 0.321 e. The molecule has 0 fully saturated rings. The SMILES string of the molecule is COC1=CCC2=C(CCCC2)C1(C)C(=O)O. The van der Waals surface area contributed by atoms with Crippen molar-refractivity contribution in [2.75, 3.05) is 7.11 Å². The van der Waals surface area contributed by atoms with E-state index in [2.05, 4.69) is 0 Å². The summed E-state index contributed by atoms with van der Waals surface area (Å²) in [5.74, 6) is -0.199. The van der Waals surface area contributed by atoms with Gasteiger partial charge in [-0.2, -0.15) is 0 Å². The van der Waals surface area contributed by atoms with Crippen LogP contribution in [0, 0.1) is 5.41 Å². The molecule has 0 heterocycles. The minimum Gasteiger partial charge on any atom is -0.500 e. The molecule has 88 valence electrons. The summed E-state index contributed by atoms with van der Waals surface area (Å²) >= 11 is 0. The molecule has 16 heavy (non-hydrogen) atoms. The van der Waals surface area contributed by atoms with Gasteiger partial charge in [0.2, 0.25) is 0 Å². The van der Waals surface area contributed by atoms with E-state index in [4.69, 9.17) is 4.74 Å². The molecule has 0 aromatic rings. The van der Waals surface area contributed by atoms with Gasteiger partial charge in [0.05, 0.1) is 7.11 Å². The summed E-state index contributed by atoms with van der Waals surface area (Å²) in [7, 11) is 1.56. The van der Waals surface area contributed by atoms with Crippen LogP contribution in [0.5, 0.6) is 0 Å². The minimum absolute atomic E-state index is 0.598. The monoisotopic (exact) mass is 222 g/mol. The lowest BCUT2D eigenvalue weighted by Crippen LogP contribution is -2.36. The largest absolute Gasteiger partial charge is 0.500 e. The number of methoxy groups -OCH3 is 1. The molecule has 0 radical (unpaired) electrons. The zero-order valence-electron chi connectivity index (χ0n) is 9.88. The van der Waals surface area contributed by atoms with Crippen LogP contribution in [-0.2, 0) is 9.53 Å². The van der Waals surface area contributed by atoms with E-state index in [1.807, 2.05) is 6.08 Å². The lowest BCUT2D eigenvalue weighted by atomic mass is 9.69. The van der Waals surface area contributed by atoms with E-state index in [1.165, 1.54) is 12.0 Å². The van der Waals surface area contributed by atoms with Gasteiger partial charge < -0.3 is 9.84 Å². The molecular weight excluding hydrogens is 204 g/mol. The van der Waals surface area contributed by atoms with Crippen molar-refractivity contribution in [2.45, 2.75) is 39.0 Å². The van der Waals surface area contributed by atoms with Gasteiger partial charge in [-0.25, -0.2) is 0 Å². The molecule has 2 aliphatic rings. The van der Waals surface area contributed by atoms with Crippen LogP contribution in [0.2, 0.25) is 0 Å². The number of carbonyl (C=O) groups is 1. The number of carboxylic acids is 1. The normalized spacial score (nSPS) is 29.5. The lowest BCUT2D eigenvalue weighted by Gasteiger charge is -2.37. The van der Waals surface area contributed by atoms with Crippen molar-refractivity contribution in [3.05, 3.63) is 23.0 Å². The summed E-state index contributed by atoms with van der Waals surface area (Å²) in [6.07, 6.45) is 7.02. The molecule has 0 spiro atoms. The highest BCUT2D eigenvalue weighted by Crippen LogP contribution is 2.47. The second-order valence-electron chi connectivity index (χ2n) is 4.70. The molecule has 0 saturated carbocycles. The summed E-state index contributed by atoms with van der Waals surface area (Å²) in [4.78, 5) is 11.5. The van der Waals surface area contributed by atoms with Gasteiger partial charge in [0.15, 0.2) is 0 Å². The van der Waals surface area contributed by atoms with Crippen molar-refractivity contribution in [1.82, 2.24) is 0 Å². The van der Waals surface area contributed by atoms with Crippen LogP contribution in [0.3, 0.4) is 0 Å². The Labute approximate surface area is 95.8 Å². The molecule has 2 rings (SSSR count). The van der Waals surface area contributed by atoms with Crippen molar-refractivity contribution < 1.29 is 14.6 Å². The van der Waals surface area contributed by atoms with Gasteiger partial charge in [-0.1, -0.05) is 5.57 Å². The molecule has 0 bridgehead atoms. The van der Waals surface area contributed by atoms with E-state index in [0.29, 0.717) is 5.76 Å². The average Bonchev–Trinajstić information content (AvgIpc) is 2.29. The van der Waals surface area contributed by atoms with Crippen molar-refractivity contribution >= 4 is 5.97 Å². The van der Waals surface area contributed by atoms with E-state index < -0.39 is 11.4 Å². The Balaban J connectivity index is 2.47. The van der Waals surface area contributed by atoms with Crippen LogP contribution in [0.4, 0.5) is 0 Å². The first kappa shape index (κ1) is 11.2. The topological polar surface area (TPSA) is 46.5 Å². The molecule has 1 atom stereocenters. The fourth-order valence-electron chi connectivity index (χ4n) is 2.89. The maximum absolute atomic E-state index is 11.5. The van der Waals surface area contributed by atoms with Crippen LogP contribution in [-0.4, -0.2) is 18.2 Å². The highest BCUT2D eigenvalue weighted by Gasteiger charge is 2.45. The molecule has 0 aliphatic heterocycles. The Morgan fingerprint density at radius 1 is 1.44 bits per heavy atom. The van der Waals surface area contributed by atoms with Gasteiger partial charge in [-0.15, -0.1) is 0 Å². The molecule has 0 amide bonds. The van der Waals surface area contributed by atoms with Gasteiger partial charge >= 0.3 is 5.97 Å². The summed E-state index contributed by atoms with van der Waals surface area (Å²) in [6.45, 7) is 1.77. The number of hydrogen-bond donors (Lipinski definition) is 1. The van der Waals surface area contributed by atoms with E-state index in [9.17, 15) is 9.90 Å². The summed E-state index contributed by atoms with van der Waals surface area (Å²) < 4.78 is 5.26. The predicted molar refractivity (Wildman–Crippen MR) is 60.9 cm³/mol. The number of rotatable bonds is 2. The summed E-state index contributed by atoms with van der Waals surface area (Å²) in [6, 6.07) is 0. The Kier molecular flexibility index (Phi) is 2.78. The zero-order valence-corrected chi connectivity index (χ0v) is 9.88. The maximum atomic E-state index is 11.5. The molecule has 0 saturated heterocycles. The third-order valence-corrected chi connectivity index (χ3v) is 3.86. The molecule has 3 nitrogen and oxygen atoms in total. The second-order valence-corrected chi connectivity index (χ2v) is 4.70. The van der Waals surface area contributed by atoms with Crippen LogP contribution in [0.25, 0.3) is 0 Å². The van der Waals surface area contributed by atoms with Crippen LogP contribution in [0.1, 0.15) is 39.0 Å². The minimum atomic E-state index is -0.928. The summed E-state index contributed by atoms with van der Waals surface area (Å²) in [5.41, 5.74) is 1.48. The van der Waals surface area contributed by atoms with E-state index >= 15 is 0 Å². The van der Waals surface area contributed by atoms with E-state index in [-0.39, 0.29) is 0 Å². The fraction of sp³-hybridized carbons (Fsp3) is 0.615. The van der Waals surface area contributed by atoms with Crippen LogP contribution < -0.4 is 0 Å². The van der Waals surface area contributed by atoms with Gasteiger partial charge in [-0.05, 0) is 50.7 Å². The first-order valence-electron chi connectivity index (χ1n) is 5.80. The number of carboxylic acid groups (broad SMARTS) is 1. The van der Waals surface area contributed by atoms with E-state index in [1.54, 1.807) is 14.0 Å². The Morgan fingerprint density at radius 3 is 2.75 bits per heavy atom. The van der Waals surface area contributed by atoms with E-state index in [0.717, 1.165) is 31.3 Å². The van der Waals surface area contributed by atoms with Crippen LogP contribution >= 0.6 is 0 Å². The number of aliphatic carboxylic acids is 1. The molecule has 2 aliphatic carbocycles. The average molecular weight is 222 g/mol. The van der Waals surface area contributed by atoms with Gasteiger partial charge in [-0.3, -0.25) is 4.79 Å². The van der Waals surface area contributed by atoms with Gasteiger partial charge in [0.1, 0.15) is 11.2 Å². The number of allylic oxidation sites excluding steroid dienone is 2. The summed E-state index contributed by atoms with van der Waals surface area (Å²) in [5, 5.41) is 9.48. The molecule has 0 aromatic heterocycles. The Morgan fingerprint density at radius 2 is 2.12 bits per heavy atom. The van der Waals surface area contributed by atoms with Crippen molar-refractivity contribution in [1.29, 1.82) is 0 Å². The lowest BCUT2D eigenvalue weighted by molar-refractivity contribution is -0.145. The van der Waals surface area contributed by atoms with Crippen molar-refractivity contribution in [2.24, 2.45) is 5.41 Å². The molecule has 3 heteroatoms. The highest BCUT2D eigenvalue weighted by molar-refractivity contribution is 5.82. The zero-order chi connectivity index (χ0) is 11.8. The van der Waals surface area contributed by atoms with Gasteiger partial charge in [0.25, 0.3) is 0 Å². The third-order valence-electron chi connectivity index (χ3n) is 3.86. The molecule has 1 unspecified atom stereocenters. The number of hydrogen-bond acceptors (Lipinski definition) is 2. The molecule has 1 N–H and O–H groups in total. The third kappa shape index (κ3) is 1.46. The molecular formula is C13H18O3. The quantitative estimate of drug-likeness (QED) is 0.731. The maximum Gasteiger partial charge on any atom is 0.321 e. The Hall–Kier alpha value is -1.25. The van der Waals surface area contributed by atoms with Crippen LogP contribution in [0.15, 0.2) is 23.0 Å². The fourth-order valence-corrected chi connectivity index (χ4v) is 2.89. The van der Waals surface area contributed by atoms with Crippen molar-refractivity contribution in [3.63, 3.8) is 0 Å². The first-order valence-corrected chi connectivity index (χ1v) is 5.80. The molecule has 0 aromatic carbocycles. The predicted octanol–water partition coefficient (Wildman–Crippen LogP) is 2.88. The van der Waals surface area contributed by atoms with Gasteiger partial charge in [0, 0.05) is 0 Å². The Bertz CT molecular complexity index is 379. The van der Waals surface area contributed by atoms with Crippen molar-refractivity contribution in [3.8, 4) is 0 Å². The number of ether oxygens (including phenoxy) is 1. The highest BCUT2D eigenvalue weighted by atomic mass is 16.5. The first-order chi connectivity index (χ1) is 7.60. The second kappa shape index (κ2) is 3.96. The standard InChI is InChI=1S/C13H18O3/c1-13(12(14)15)10-6-4-3-5-9(10)7-8-11(13)16-2/h8H,3-7H2,1-2H3,(H,14,15).